The minimum absolute atomic E-state index is 0.0906. The number of hydrogen-bond donors (Lipinski definition) is 2. The van der Waals surface area contributed by atoms with Gasteiger partial charge in [0.2, 0.25) is 0 Å². The van der Waals surface area contributed by atoms with Crippen LogP contribution in [-0.4, -0.2) is 18.2 Å². The second-order valence-corrected chi connectivity index (χ2v) is 5.97. The van der Waals surface area contributed by atoms with Crippen molar-refractivity contribution < 1.29 is 4.74 Å². The van der Waals surface area contributed by atoms with E-state index in [0.29, 0.717) is 0 Å². The number of benzene rings is 1. The fourth-order valence-corrected chi connectivity index (χ4v) is 3.39. The van der Waals surface area contributed by atoms with Gasteiger partial charge in [-0.3, -0.25) is 11.3 Å². The molecular weight excluding hydrogens is 248 g/mol. The first kappa shape index (κ1) is 15.5. The molecule has 0 bridgehead atoms. The maximum atomic E-state index is 6.18. The lowest BCUT2D eigenvalue weighted by Crippen LogP contribution is -2.57. The third-order valence-electron chi connectivity index (χ3n) is 4.53. The normalized spacial score (nSPS) is 19.8. The number of ether oxygens (including phenoxy) is 1. The van der Waals surface area contributed by atoms with Crippen LogP contribution in [0.2, 0.25) is 0 Å². The Morgan fingerprint density at radius 2 is 1.85 bits per heavy atom. The summed E-state index contributed by atoms with van der Waals surface area (Å²) in [6.45, 7) is 4.95. The summed E-state index contributed by atoms with van der Waals surface area (Å²) in [7, 11) is 0. The Morgan fingerprint density at radius 1 is 1.20 bits per heavy atom. The number of hydrogen-bond acceptors (Lipinski definition) is 3. The molecule has 1 aliphatic rings. The molecule has 0 saturated heterocycles. The molecule has 0 aliphatic heterocycles. The van der Waals surface area contributed by atoms with Crippen LogP contribution in [0.15, 0.2) is 24.3 Å². The molecule has 1 fully saturated rings. The molecule has 1 aliphatic carbocycles. The van der Waals surface area contributed by atoms with Gasteiger partial charge in [0.15, 0.2) is 0 Å². The number of hydrazine groups is 1. The monoisotopic (exact) mass is 276 g/mol. The van der Waals surface area contributed by atoms with Crippen molar-refractivity contribution in [1.82, 2.24) is 5.43 Å². The molecule has 112 valence electrons. The number of rotatable bonds is 6. The van der Waals surface area contributed by atoms with E-state index >= 15 is 0 Å². The molecular formula is C17H28N2O. The summed E-state index contributed by atoms with van der Waals surface area (Å²) in [6.07, 6.45) is 6.95. The van der Waals surface area contributed by atoms with Gasteiger partial charge < -0.3 is 4.74 Å². The second kappa shape index (κ2) is 7.21. The van der Waals surface area contributed by atoms with Crippen LogP contribution in [-0.2, 0) is 11.2 Å². The highest BCUT2D eigenvalue weighted by molar-refractivity contribution is 5.23. The largest absolute Gasteiger partial charge is 0.374 e. The highest BCUT2D eigenvalue weighted by atomic mass is 16.5. The maximum Gasteiger partial charge on any atom is 0.0851 e. The van der Waals surface area contributed by atoms with Gasteiger partial charge in [-0.15, -0.1) is 0 Å². The lowest BCUT2D eigenvalue weighted by Gasteiger charge is -2.43. The Hall–Kier alpha value is -0.900. The molecule has 3 N–H and O–H groups in total. The molecule has 1 aromatic carbocycles. The maximum absolute atomic E-state index is 6.18. The molecule has 0 amide bonds. The smallest absolute Gasteiger partial charge is 0.0851 e. The van der Waals surface area contributed by atoms with Crippen LogP contribution < -0.4 is 11.3 Å². The lowest BCUT2D eigenvalue weighted by atomic mass is 9.77. The number of aryl methyl sites for hydroxylation is 1. The van der Waals surface area contributed by atoms with Gasteiger partial charge in [0.05, 0.1) is 11.6 Å². The van der Waals surface area contributed by atoms with E-state index in [9.17, 15) is 0 Å². The summed E-state index contributed by atoms with van der Waals surface area (Å²) in [5.41, 5.74) is 5.56. The number of nitrogens with one attached hydrogen (secondary N) is 1. The van der Waals surface area contributed by atoms with Crippen LogP contribution in [0, 0.1) is 6.92 Å². The van der Waals surface area contributed by atoms with Crippen molar-refractivity contribution in [3.8, 4) is 0 Å². The van der Waals surface area contributed by atoms with Crippen molar-refractivity contribution in [2.75, 3.05) is 6.61 Å². The van der Waals surface area contributed by atoms with E-state index in [4.69, 9.17) is 10.6 Å². The summed E-state index contributed by atoms with van der Waals surface area (Å²) in [5.74, 6) is 5.87. The Labute approximate surface area is 122 Å². The third-order valence-corrected chi connectivity index (χ3v) is 4.53. The zero-order valence-corrected chi connectivity index (χ0v) is 12.8. The summed E-state index contributed by atoms with van der Waals surface area (Å²) < 4.78 is 6.18. The summed E-state index contributed by atoms with van der Waals surface area (Å²) in [4.78, 5) is 0. The van der Waals surface area contributed by atoms with Gasteiger partial charge in [-0.05, 0) is 38.7 Å². The van der Waals surface area contributed by atoms with Crippen LogP contribution in [0.1, 0.15) is 50.2 Å². The molecule has 0 spiro atoms. The number of nitrogens with two attached hydrogens (primary N) is 1. The van der Waals surface area contributed by atoms with E-state index in [1.165, 1.54) is 30.4 Å². The average molecular weight is 276 g/mol. The van der Waals surface area contributed by atoms with Crippen molar-refractivity contribution >= 4 is 0 Å². The molecule has 1 saturated carbocycles. The first-order valence-electron chi connectivity index (χ1n) is 7.86. The van der Waals surface area contributed by atoms with Crippen molar-refractivity contribution in [2.45, 2.75) is 64.0 Å². The fourth-order valence-electron chi connectivity index (χ4n) is 3.39. The van der Waals surface area contributed by atoms with Crippen molar-refractivity contribution in [3.63, 3.8) is 0 Å². The Bertz CT molecular complexity index is 390. The zero-order chi connectivity index (χ0) is 14.4. The van der Waals surface area contributed by atoms with Gasteiger partial charge in [-0.25, -0.2) is 0 Å². The molecule has 1 atom stereocenters. The van der Waals surface area contributed by atoms with Crippen molar-refractivity contribution in [3.05, 3.63) is 35.4 Å². The molecule has 1 aromatic rings. The predicted molar refractivity (Wildman–Crippen MR) is 83.4 cm³/mol. The van der Waals surface area contributed by atoms with Gasteiger partial charge in [0.25, 0.3) is 0 Å². The SMILES string of the molecule is CCOC1(C(Cc2ccc(C)cc2)NN)CCCCC1. The Balaban J connectivity index is 2.13. The highest BCUT2D eigenvalue weighted by Crippen LogP contribution is 2.35. The molecule has 3 heteroatoms. The summed E-state index contributed by atoms with van der Waals surface area (Å²) >= 11 is 0. The standard InChI is InChI=1S/C17H28N2O/c1-3-20-17(11-5-4-6-12-17)16(19-18)13-15-9-7-14(2)8-10-15/h7-10,16,19H,3-6,11-13,18H2,1-2H3. The van der Waals surface area contributed by atoms with Gasteiger partial charge in [0.1, 0.15) is 0 Å². The lowest BCUT2D eigenvalue weighted by molar-refractivity contribution is -0.0898. The first-order chi connectivity index (χ1) is 9.70. The second-order valence-electron chi connectivity index (χ2n) is 5.97. The molecule has 1 unspecified atom stereocenters. The van der Waals surface area contributed by atoms with E-state index in [1.54, 1.807) is 0 Å². The molecule has 3 nitrogen and oxygen atoms in total. The van der Waals surface area contributed by atoms with Crippen molar-refractivity contribution in [1.29, 1.82) is 0 Å². The van der Waals surface area contributed by atoms with E-state index in [1.807, 2.05) is 0 Å². The quantitative estimate of drug-likeness (QED) is 0.620. The van der Waals surface area contributed by atoms with Crippen LogP contribution in [0.5, 0.6) is 0 Å². The summed E-state index contributed by atoms with van der Waals surface area (Å²) in [5, 5.41) is 0. The third kappa shape index (κ3) is 3.60. The summed E-state index contributed by atoms with van der Waals surface area (Å²) in [6, 6.07) is 8.91. The van der Waals surface area contributed by atoms with Gasteiger partial charge >= 0.3 is 0 Å². The van der Waals surface area contributed by atoms with Crippen LogP contribution >= 0.6 is 0 Å². The molecule has 0 radical (unpaired) electrons. The van der Waals surface area contributed by atoms with Crippen LogP contribution in [0.4, 0.5) is 0 Å². The van der Waals surface area contributed by atoms with E-state index < -0.39 is 0 Å². The van der Waals surface area contributed by atoms with E-state index in [0.717, 1.165) is 25.9 Å². The minimum Gasteiger partial charge on any atom is -0.374 e. The zero-order valence-electron chi connectivity index (χ0n) is 12.8. The van der Waals surface area contributed by atoms with Gasteiger partial charge in [0, 0.05) is 6.61 Å². The fraction of sp³-hybridized carbons (Fsp3) is 0.647. The highest BCUT2D eigenvalue weighted by Gasteiger charge is 2.40. The predicted octanol–water partition coefficient (Wildman–Crippen LogP) is 3.11. The molecule has 2 rings (SSSR count). The Kier molecular flexibility index (Phi) is 5.58. The Morgan fingerprint density at radius 3 is 2.40 bits per heavy atom. The van der Waals surface area contributed by atoms with Crippen LogP contribution in [0.25, 0.3) is 0 Å². The topological polar surface area (TPSA) is 47.3 Å². The van der Waals surface area contributed by atoms with E-state index in [2.05, 4.69) is 43.5 Å². The molecule has 0 aromatic heterocycles. The average Bonchev–Trinajstić information content (AvgIpc) is 2.48. The van der Waals surface area contributed by atoms with Gasteiger partial charge in [-0.1, -0.05) is 49.1 Å². The van der Waals surface area contributed by atoms with E-state index in [-0.39, 0.29) is 11.6 Å². The van der Waals surface area contributed by atoms with Gasteiger partial charge in [-0.2, -0.15) is 0 Å². The first-order valence-corrected chi connectivity index (χ1v) is 7.86. The minimum atomic E-state index is -0.0906. The van der Waals surface area contributed by atoms with Crippen molar-refractivity contribution in [2.24, 2.45) is 5.84 Å². The molecule has 0 heterocycles. The molecule has 20 heavy (non-hydrogen) atoms. The van der Waals surface area contributed by atoms with Crippen LogP contribution in [0.3, 0.4) is 0 Å².